The molecule has 0 radical (unpaired) electrons. The maximum atomic E-state index is 11.7. The highest BCUT2D eigenvalue weighted by Crippen LogP contribution is 2.30. The van der Waals surface area contributed by atoms with Gasteiger partial charge in [-0.2, -0.15) is 8.42 Å². The van der Waals surface area contributed by atoms with Crippen LogP contribution >= 0.6 is 0 Å². The van der Waals surface area contributed by atoms with Crippen molar-refractivity contribution in [3.63, 3.8) is 0 Å². The number of carbonyl (C=O) groups is 1. The number of amides is 1. The lowest BCUT2D eigenvalue weighted by Gasteiger charge is -2.46. The van der Waals surface area contributed by atoms with Gasteiger partial charge in [-0.1, -0.05) is 50.7 Å². The van der Waals surface area contributed by atoms with E-state index in [1.807, 2.05) is 6.92 Å². The van der Waals surface area contributed by atoms with Gasteiger partial charge in [-0.3, -0.25) is 9.35 Å². The molecule has 0 aromatic carbocycles. The highest BCUT2D eigenvalue weighted by Gasteiger charge is 2.51. The summed E-state index contributed by atoms with van der Waals surface area (Å²) in [5.74, 6) is -0.457. The topological polar surface area (TPSA) is 262 Å². The Kier molecular flexibility index (Phi) is 21.6. The number of ether oxygens (including phenoxy) is 4. The first-order valence-electron chi connectivity index (χ1n) is 17.9. The van der Waals surface area contributed by atoms with E-state index < -0.39 is 84.7 Å². The molecule has 2 saturated heterocycles. The van der Waals surface area contributed by atoms with E-state index >= 15 is 0 Å². The van der Waals surface area contributed by atoms with Crippen molar-refractivity contribution in [3.8, 4) is 0 Å². The summed E-state index contributed by atoms with van der Waals surface area (Å²) in [7, 11) is -3.99. The smallest absolute Gasteiger partial charge is 0.264 e. The second-order valence-corrected chi connectivity index (χ2v) is 14.8. The number of unbranched alkanes of at least 4 members (excludes halogenated alkanes) is 9. The fraction of sp³-hybridized carbons (Fsp3) is 0.909. The lowest BCUT2D eigenvalue weighted by Crippen LogP contribution is -2.64. The highest BCUT2D eigenvalue weighted by atomic mass is 32.2. The van der Waals surface area contributed by atoms with Crippen molar-refractivity contribution in [2.75, 3.05) is 25.5 Å². The number of aliphatic hydroxyl groups excluding tert-OH is 7. The molecule has 1 amide bonds. The first-order valence-corrected chi connectivity index (χ1v) is 19.5. The number of carbonyl (C=O) groups excluding carboxylic acids is 1. The zero-order chi connectivity index (χ0) is 37.1. The summed E-state index contributed by atoms with van der Waals surface area (Å²) in [5.41, 5.74) is 0. The Hall–Kier alpha value is -1.32. The van der Waals surface area contributed by atoms with E-state index in [-0.39, 0.29) is 30.7 Å². The Labute approximate surface area is 295 Å². The lowest BCUT2D eigenvalue weighted by atomic mass is 9.97. The maximum absolute atomic E-state index is 11.7. The van der Waals surface area contributed by atoms with E-state index in [0.717, 1.165) is 70.6 Å². The maximum Gasteiger partial charge on any atom is 0.264 e. The van der Waals surface area contributed by atoms with Crippen molar-refractivity contribution in [3.05, 3.63) is 12.2 Å². The zero-order valence-corrected chi connectivity index (χ0v) is 29.9. The Bertz CT molecular complexity index is 1060. The normalized spacial score (nSPS) is 31.2. The molecule has 2 heterocycles. The molecule has 0 aromatic rings. The molecule has 0 aromatic heterocycles. The molecule has 2 aliphatic rings. The summed E-state index contributed by atoms with van der Waals surface area (Å²) >= 11 is 0. The largest absolute Gasteiger partial charge is 0.394 e. The van der Waals surface area contributed by atoms with E-state index in [4.69, 9.17) is 23.5 Å². The minimum absolute atomic E-state index is 0.101. The van der Waals surface area contributed by atoms with Crippen molar-refractivity contribution < 1.29 is 72.5 Å². The third-order valence-corrected chi connectivity index (χ3v) is 9.71. The molecule has 2 fully saturated rings. The quantitative estimate of drug-likeness (QED) is 0.0340. The summed E-state index contributed by atoms with van der Waals surface area (Å²) in [5, 5.41) is 73.5. The van der Waals surface area contributed by atoms with Crippen molar-refractivity contribution >= 4 is 16.0 Å². The van der Waals surface area contributed by atoms with Gasteiger partial charge in [0.15, 0.2) is 12.6 Å². The number of nitrogens with one attached hydrogen (secondary N) is 1. The molecule has 2 rings (SSSR count). The van der Waals surface area contributed by atoms with Crippen LogP contribution in [0.25, 0.3) is 0 Å². The van der Waals surface area contributed by atoms with Gasteiger partial charge in [-0.05, 0) is 51.9 Å². The third-order valence-electron chi connectivity index (χ3n) is 8.90. The van der Waals surface area contributed by atoms with Gasteiger partial charge < -0.3 is 60.0 Å². The van der Waals surface area contributed by atoms with Gasteiger partial charge >= 0.3 is 0 Å². The van der Waals surface area contributed by atoms with Gasteiger partial charge in [0.05, 0.1) is 25.1 Å². The van der Waals surface area contributed by atoms with Crippen molar-refractivity contribution in [2.45, 2.75) is 164 Å². The molecule has 0 bridgehead atoms. The van der Waals surface area contributed by atoms with Crippen molar-refractivity contribution in [1.29, 1.82) is 0 Å². The van der Waals surface area contributed by atoms with Crippen LogP contribution < -0.4 is 5.32 Å². The number of aliphatic hydroxyl groups is 7. The van der Waals surface area contributed by atoms with Crippen LogP contribution in [0.2, 0.25) is 0 Å². The predicted molar refractivity (Wildman–Crippen MR) is 180 cm³/mol. The van der Waals surface area contributed by atoms with Crippen LogP contribution in [0.1, 0.15) is 96.8 Å². The van der Waals surface area contributed by atoms with Crippen LogP contribution in [-0.2, 0) is 33.9 Å². The minimum atomic E-state index is -3.99. The average Bonchev–Trinajstić information content (AvgIpc) is 3.07. The van der Waals surface area contributed by atoms with Crippen LogP contribution in [0.5, 0.6) is 0 Å². The molecule has 11 atom stereocenters. The Morgan fingerprint density at radius 1 is 0.740 bits per heavy atom. The monoisotopic (exact) mass is 743 g/mol. The molecule has 294 valence electrons. The second-order valence-electron chi connectivity index (χ2n) is 13.2. The van der Waals surface area contributed by atoms with Gasteiger partial charge in [-0.25, -0.2) is 0 Å². The van der Waals surface area contributed by atoms with Gasteiger partial charge in [0.2, 0.25) is 5.91 Å². The molecule has 0 aliphatic carbocycles. The van der Waals surface area contributed by atoms with E-state index in [1.165, 1.54) is 0 Å². The van der Waals surface area contributed by atoms with E-state index in [0.29, 0.717) is 12.8 Å². The lowest BCUT2D eigenvalue weighted by molar-refractivity contribution is -0.371. The number of hydrogen-bond donors (Lipinski definition) is 9. The zero-order valence-electron chi connectivity index (χ0n) is 29.1. The number of allylic oxidation sites excluding steroid dienone is 2. The summed E-state index contributed by atoms with van der Waals surface area (Å²) in [6.07, 6.45) is 1.42. The third kappa shape index (κ3) is 16.6. The fourth-order valence-electron chi connectivity index (χ4n) is 5.87. The van der Waals surface area contributed by atoms with E-state index in [1.54, 1.807) is 0 Å². The average molecular weight is 744 g/mol. The SMILES string of the molecule is CC(CCCCCC/C=C\CCCCCCCC(=O)NCCCS(=O)(=O)O)OC1OC(CO)C(O)C(O)C1OC1OC(CO)C(O)C(O)C1O. The number of rotatable bonds is 25. The molecule has 9 N–H and O–H groups in total. The first kappa shape index (κ1) is 44.8. The second kappa shape index (κ2) is 24.1. The van der Waals surface area contributed by atoms with Crippen LogP contribution in [0.15, 0.2) is 12.2 Å². The number of hydrogen-bond acceptors (Lipinski definition) is 14. The molecule has 0 saturated carbocycles. The van der Waals surface area contributed by atoms with Crippen molar-refractivity contribution in [2.24, 2.45) is 0 Å². The standard InChI is InChI=1S/C33H61NO15S/c1-22(16-13-11-9-7-5-3-2-4-6-8-10-12-14-17-25(37)34-18-15-19-50(43,44)45)46-33-31(29(41)27(39)24(21-36)48-33)49-32-30(42)28(40)26(38)23(20-35)47-32/h2-3,22-24,26-33,35-36,38-42H,4-21H2,1H3,(H,34,37)(H,43,44,45)/b3-2-. The molecule has 17 heteroatoms. The fourth-order valence-corrected chi connectivity index (χ4v) is 6.38. The molecule has 50 heavy (non-hydrogen) atoms. The predicted octanol–water partition coefficient (Wildman–Crippen LogP) is 0.0372. The van der Waals surface area contributed by atoms with Gasteiger partial charge in [0.1, 0.15) is 48.8 Å². The summed E-state index contributed by atoms with van der Waals surface area (Å²) in [6, 6.07) is 0. The first-order chi connectivity index (χ1) is 23.8. The van der Waals surface area contributed by atoms with Crippen LogP contribution in [0.3, 0.4) is 0 Å². The van der Waals surface area contributed by atoms with E-state index in [2.05, 4.69) is 17.5 Å². The summed E-state index contributed by atoms with van der Waals surface area (Å²) in [6.45, 7) is 0.794. The summed E-state index contributed by atoms with van der Waals surface area (Å²) in [4.78, 5) is 11.7. The van der Waals surface area contributed by atoms with Crippen LogP contribution in [-0.4, -0.2) is 148 Å². The van der Waals surface area contributed by atoms with Crippen molar-refractivity contribution in [1.82, 2.24) is 5.32 Å². The Morgan fingerprint density at radius 2 is 1.28 bits per heavy atom. The van der Waals surface area contributed by atoms with Gasteiger partial charge in [0, 0.05) is 13.0 Å². The highest BCUT2D eigenvalue weighted by molar-refractivity contribution is 7.85. The summed E-state index contributed by atoms with van der Waals surface area (Å²) < 4.78 is 52.8. The Balaban J connectivity index is 1.58. The van der Waals surface area contributed by atoms with Gasteiger partial charge in [0.25, 0.3) is 10.1 Å². The molecule has 16 nitrogen and oxygen atoms in total. The molecular weight excluding hydrogens is 682 g/mol. The molecular formula is C33H61NO15S. The van der Waals surface area contributed by atoms with E-state index in [9.17, 15) is 49.0 Å². The Morgan fingerprint density at radius 3 is 1.88 bits per heavy atom. The molecule has 11 unspecified atom stereocenters. The van der Waals surface area contributed by atoms with Gasteiger partial charge in [-0.15, -0.1) is 0 Å². The molecule has 2 aliphatic heterocycles. The minimum Gasteiger partial charge on any atom is -0.394 e. The van der Waals surface area contributed by atoms with Crippen LogP contribution in [0, 0.1) is 0 Å². The molecule has 0 spiro atoms. The van der Waals surface area contributed by atoms with Crippen LogP contribution in [0.4, 0.5) is 0 Å².